The van der Waals surface area contributed by atoms with Crippen LogP contribution in [0, 0.1) is 5.92 Å². The standard InChI is InChI=1S/C17H21NO2/c19-16(12-5-2-1-3-6-12)17(20)14-8-9-15-13(11-14)7-4-10-18-15/h4,7-12,16-17,19-20H,1-3,5-6H2. The predicted octanol–water partition coefficient (Wildman–Crippen LogP) is 3.21. The molecule has 0 bridgehead atoms. The van der Waals surface area contributed by atoms with Crippen molar-refractivity contribution in [3.8, 4) is 0 Å². The third kappa shape index (κ3) is 2.69. The molecule has 1 aromatic heterocycles. The molecule has 2 N–H and O–H groups in total. The molecule has 2 atom stereocenters. The Balaban J connectivity index is 1.81. The smallest absolute Gasteiger partial charge is 0.105 e. The highest BCUT2D eigenvalue weighted by molar-refractivity contribution is 5.79. The molecule has 1 fully saturated rings. The van der Waals surface area contributed by atoms with Crippen LogP contribution in [0.25, 0.3) is 10.9 Å². The van der Waals surface area contributed by atoms with E-state index >= 15 is 0 Å². The van der Waals surface area contributed by atoms with E-state index in [1.807, 2.05) is 30.3 Å². The van der Waals surface area contributed by atoms with Crippen molar-refractivity contribution in [2.24, 2.45) is 5.92 Å². The summed E-state index contributed by atoms with van der Waals surface area (Å²) in [5, 5.41) is 21.8. The molecule has 0 radical (unpaired) electrons. The lowest BCUT2D eigenvalue weighted by Gasteiger charge is -2.30. The number of rotatable bonds is 3. The zero-order valence-electron chi connectivity index (χ0n) is 11.6. The molecule has 0 spiro atoms. The molecule has 0 amide bonds. The number of aliphatic hydroxyl groups excluding tert-OH is 2. The predicted molar refractivity (Wildman–Crippen MR) is 79.3 cm³/mol. The first-order valence-electron chi connectivity index (χ1n) is 7.46. The first kappa shape index (κ1) is 13.5. The number of aliphatic hydroxyl groups is 2. The van der Waals surface area contributed by atoms with Crippen molar-refractivity contribution in [1.29, 1.82) is 0 Å². The van der Waals surface area contributed by atoms with E-state index in [9.17, 15) is 10.2 Å². The number of fused-ring (bicyclic) bond motifs is 1. The Morgan fingerprint density at radius 1 is 1.05 bits per heavy atom. The van der Waals surface area contributed by atoms with Gasteiger partial charge >= 0.3 is 0 Å². The fourth-order valence-corrected chi connectivity index (χ4v) is 3.21. The lowest BCUT2D eigenvalue weighted by Crippen LogP contribution is -2.29. The highest BCUT2D eigenvalue weighted by Crippen LogP contribution is 2.32. The third-order valence-electron chi connectivity index (χ3n) is 4.42. The van der Waals surface area contributed by atoms with E-state index in [1.54, 1.807) is 6.20 Å². The van der Waals surface area contributed by atoms with Gasteiger partial charge < -0.3 is 10.2 Å². The Bertz CT molecular complexity index is 578. The van der Waals surface area contributed by atoms with Crippen LogP contribution < -0.4 is 0 Å². The van der Waals surface area contributed by atoms with Gasteiger partial charge in [0.2, 0.25) is 0 Å². The molecule has 2 aromatic rings. The summed E-state index contributed by atoms with van der Waals surface area (Å²) >= 11 is 0. The van der Waals surface area contributed by atoms with Crippen LogP contribution in [0.1, 0.15) is 43.8 Å². The summed E-state index contributed by atoms with van der Waals surface area (Å²) in [5.74, 6) is 0.225. The van der Waals surface area contributed by atoms with Crippen molar-refractivity contribution in [2.75, 3.05) is 0 Å². The van der Waals surface area contributed by atoms with Crippen molar-refractivity contribution >= 4 is 10.9 Å². The van der Waals surface area contributed by atoms with E-state index in [0.29, 0.717) is 0 Å². The molecule has 3 nitrogen and oxygen atoms in total. The average Bonchev–Trinajstić information content (AvgIpc) is 2.54. The SMILES string of the molecule is OC(c1ccc2ncccc2c1)C(O)C1CCCCC1. The first-order chi connectivity index (χ1) is 9.75. The van der Waals surface area contributed by atoms with Crippen LogP contribution in [0.2, 0.25) is 0 Å². The van der Waals surface area contributed by atoms with Crippen LogP contribution in [0.3, 0.4) is 0 Å². The van der Waals surface area contributed by atoms with Gasteiger partial charge in [0.15, 0.2) is 0 Å². The van der Waals surface area contributed by atoms with Gasteiger partial charge in [0, 0.05) is 11.6 Å². The van der Waals surface area contributed by atoms with Crippen molar-refractivity contribution in [3.05, 3.63) is 42.1 Å². The van der Waals surface area contributed by atoms with Gasteiger partial charge in [-0.25, -0.2) is 0 Å². The number of benzene rings is 1. The van der Waals surface area contributed by atoms with Crippen molar-refractivity contribution in [1.82, 2.24) is 4.98 Å². The van der Waals surface area contributed by atoms with Gasteiger partial charge in [-0.05, 0) is 42.5 Å². The topological polar surface area (TPSA) is 53.4 Å². The molecule has 1 saturated carbocycles. The Labute approximate surface area is 119 Å². The van der Waals surface area contributed by atoms with Crippen LogP contribution in [0.15, 0.2) is 36.5 Å². The van der Waals surface area contributed by atoms with E-state index in [0.717, 1.165) is 42.1 Å². The van der Waals surface area contributed by atoms with Crippen LogP contribution in [0.4, 0.5) is 0 Å². The Kier molecular flexibility index (Phi) is 3.99. The maximum Gasteiger partial charge on any atom is 0.105 e. The molecule has 2 unspecified atom stereocenters. The summed E-state index contributed by atoms with van der Waals surface area (Å²) in [4.78, 5) is 4.27. The van der Waals surface area contributed by atoms with Gasteiger partial charge in [0.25, 0.3) is 0 Å². The minimum atomic E-state index is -0.803. The molecule has 1 aromatic carbocycles. The molecule has 1 aliphatic rings. The Morgan fingerprint density at radius 3 is 2.65 bits per heavy atom. The molecule has 0 saturated heterocycles. The largest absolute Gasteiger partial charge is 0.390 e. The second-order valence-corrected chi connectivity index (χ2v) is 5.79. The second kappa shape index (κ2) is 5.90. The molecule has 1 heterocycles. The van der Waals surface area contributed by atoms with Crippen LogP contribution in [-0.4, -0.2) is 21.3 Å². The highest BCUT2D eigenvalue weighted by atomic mass is 16.3. The molecule has 20 heavy (non-hydrogen) atoms. The average molecular weight is 271 g/mol. The van der Waals surface area contributed by atoms with Crippen LogP contribution >= 0.6 is 0 Å². The summed E-state index contributed by atoms with van der Waals surface area (Å²) < 4.78 is 0. The number of aromatic nitrogens is 1. The van der Waals surface area contributed by atoms with Crippen molar-refractivity contribution < 1.29 is 10.2 Å². The van der Waals surface area contributed by atoms with E-state index in [4.69, 9.17) is 0 Å². The zero-order chi connectivity index (χ0) is 13.9. The van der Waals surface area contributed by atoms with Gasteiger partial charge in [-0.15, -0.1) is 0 Å². The summed E-state index contributed by atoms with van der Waals surface area (Å²) in [6.07, 6.45) is 5.91. The molecule has 3 heteroatoms. The Morgan fingerprint density at radius 2 is 1.85 bits per heavy atom. The number of pyridine rings is 1. The van der Waals surface area contributed by atoms with E-state index in [1.165, 1.54) is 6.42 Å². The normalized spacial score (nSPS) is 19.9. The fraction of sp³-hybridized carbons (Fsp3) is 0.471. The Hall–Kier alpha value is -1.45. The molecular weight excluding hydrogens is 250 g/mol. The number of nitrogens with zero attached hydrogens (tertiary/aromatic N) is 1. The molecular formula is C17H21NO2. The van der Waals surface area contributed by atoms with Gasteiger partial charge in [-0.2, -0.15) is 0 Å². The van der Waals surface area contributed by atoms with Crippen molar-refractivity contribution in [3.63, 3.8) is 0 Å². The molecule has 0 aliphatic heterocycles. The van der Waals surface area contributed by atoms with E-state index in [-0.39, 0.29) is 5.92 Å². The highest BCUT2D eigenvalue weighted by Gasteiger charge is 2.28. The van der Waals surface area contributed by atoms with Gasteiger partial charge in [0.05, 0.1) is 11.6 Å². The van der Waals surface area contributed by atoms with E-state index in [2.05, 4.69) is 4.98 Å². The third-order valence-corrected chi connectivity index (χ3v) is 4.42. The van der Waals surface area contributed by atoms with Crippen LogP contribution in [-0.2, 0) is 0 Å². The number of hydrogen-bond donors (Lipinski definition) is 2. The molecule has 3 rings (SSSR count). The van der Waals surface area contributed by atoms with E-state index < -0.39 is 12.2 Å². The minimum absolute atomic E-state index is 0.225. The lowest BCUT2D eigenvalue weighted by molar-refractivity contribution is -0.0285. The van der Waals surface area contributed by atoms with Crippen LogP contribution in [0.5, 0.6) is 0 Å². The first-order valence-corrected chi connectivity index (χ1v) is 7.46. The summed E-state index contributed by atoms with van der Waals surface area (Å²) in [6, 6.07) is 9.56. The monoisotopic (exact) mass is 271 g/mol. The summed E-state index contributed by atoms with van der Waals surface area (Å²) in [6.45, 7) is 0. The second-order valence-electron chi connectivity index (χ2n) is 5.79. The zero-order valence-corrected chi connectivity index (χ0v) is 11.6. The minimum Gasteiger partial charge on any atom is -0.390 e. The van der Waals surface area contributed by atoms with Crippen molar-refractivity contribution in [2.45, 2.75) is 44.3 Å². The fourth-order valence-electron chi connectivity index (χ4n) is 3.21. The molecule has 106 valence electrons. The van der Waals surface area contributed by atoms with Gasteiger partial charge in [-0.3, -0.25) is 4.98 Å². The quantitative estimate of drug-likeness (QED) is 0.901. The van der Waals surface area contributed by atoms with Gasteiger partial charge in [-0.1, -0.05) is 31.4 Å². The summed E-state index contributed by atoms with van der Waals surface area (Å²) in [7, 11) is 0. The maximum absolute atomic E-state index is 10.4. The summed E-state index contributed by atoms with van der Waals surface area (Å²) in [5.41, 5.74) is 1.69. The van der Waals surface area contributed by atoms with Gasteiger partial charge in [0.1, 0.15) is 6.10 Å². The molecule has 1 aliphatic carbocycles. The lowest BCUT2D eigenvalue weighted by atomic mass is 9.82. The number of hydrogen-bond acceptors (Lipinski definition) is 3. The maximum atomic E-state index is 10.4.